The maximum absolute atomic E-state index is 12.5. The number of nitrogen functional groups attached to an aromatic ring is 1. The number of anilines is 1. The van der Waals surface area contributed by atoms with Gasteiger partial charge in [0.05, 0.1) is 6.42 Å². The molecule has 0 bridgehead atoms. The minimum absolute atomic E-state index is 0.231. The van der Waals surface area contributed by atoms with Crippen molar-refractivity contribution in [1.82, 2.24) is 9.80 Å². The maximum atomic E-state index is 12.5. The Balaban J connectivity index is 1.67. The zero-order chi connectivity index (χ0) is 14.1. The van der Waals surface area contributed by atoms with E-state index in [0.717, 1.165) is 24.3 Å². The van der Waals surface area contributed by atoms with Crippen LogP contribution in [0.15, 0.2) is 24.3 Å². The largest absolute Gasteiger partial charge is 0.399 e. The lowest BCUT2D eigenvalue weighted by molar-refractivity contribution is -0.136. The highest BCUT2D eigenvalue weighted by Crippen LogP contribution is 2.25. The molecule has 20 heavy (non-hydrogen) atoms. The summed E-state index contributed by atoms with van der Waals surface area (Å²) >= 11 is 0. The predicted molar refractivity (Wildman–Crippen MR) is 80.3 cm³/mol. The molecule has 108 valence electrons. The van der Waals surface area contributed by atoms with Gasteiger partial charge in [-0.05, 0) is 44.0 Å². The number of carbonyl (C=O) groups excluding carboxylic acids is 1. The van der Waals surface area contributed by atoms with E-state index in [1.165, 1.54) is 19.4 Å². The Morgan fingerprint density at radius 3 is 3.05 bits per heavy atom. The van der Waals surface area contributed by atoms with E-state index in [0.29, 0.717) is 18.5 Å². The van der Waals surface area contributed by atoms with Gasteiger partial charge >= 0.3 is 0 Å². The fraction of sp³-hybridized carbons (Fsp3) is 0.562. The first-order chi connectivity index (χ1) is 9.63. The summed E-state index contributed by atoms with van der Waals surface area (Å²) in [7, 11) is 0. The number of benzene rings is 1. The molecule has 0 saturated carbocycles. The van der Waals surface area contributed by atoms with Crippen molar-refractivity contribution in [1.29, 1.82) is 0 Å². The Hall–Kier alpha value is -1.55. The summed E-state index contributed by atoms with van der Waals surface area (Å²) in [6.45, 7) is 5.27. The molecule has 0 spiro atoms. The number of nitrogens with zero attached hydrogens (tertiary/aromatic N) is 2. The molecule has 2 aliphatic heterocycles. The lowest BCUT2D eigenvalue weighted by Gasteiger charge is -2.42. The van der Waals surface area contributed by atoms with Crippen LogP contribution < -0.4 is 5.73 Å². The second-order valence-corrected chi connectivity index (χ2v) is 6.11. The zero-order valence-corrected chi connectivity index (χ0v) is 12.1. The molecule has 0 aliphatic carbocycles. The molecule has 0 aromatic heterocycles. The first kappa shape index (κ1) is 13.4. The van der Waals surface area contributed by atoms with Crippen LogP contribution in [0.5, 0.6) is 0 Å². The molecule has 1 amide bonds. The van der Waals surface area contributed by atoms with Crippen molar-refractivity contribution in [2.45, 2.75) is 38.3 Å². The van der Waals surface area contributed by atoms with E-state index >= 15 is 0 Å². The highest BCUT2D eigenvalue weighted by molar-refractivity contribution is 5.79. The Labute approximate surface area is 120 Å². The van der Waals surface area contributed by atoms with Gasteiger partial charge in [0.25, 0.3) is 0 Å². The van der Waals surface area contributed by atoms with E-state index in [-0.39, 0.29) is 5.91 Å². The lowest BCUT2D eigenvalue weighted by atomic mass is 10.1. The van der Waals surface area contributed by atoms with Crippen molar-refractivity contribution in [3.05, 3.63) is 29.8 Å². The van der Waals surface area contributed by atoms with Crippen molar-refractivity contribution < 1.29 is 4.79 Å². The molecule has 2 saturated heterocycles. The van der Waals surface area contributed by atoms with E-state index in [2.05, 4.69) is 16.7 Å². The van der Waals surface area contributed by atoms with Crippen molar-refractivity contribution in [3.63, 3.8) is 0 Å². The molecular formula is C16H23N3O. The highest BCUT2D eigenvalue weighted by Gasteiger charge is 2.36. The third kappa shape index (κ3) is 2.66. The molecule has 0 radical (unpaired) electrons. The first-order valence-electron chi connectivity index (χ1n) is 7.51. The summed E-state index contributed by atoms with van der Waals surface area (Å²) in [5.41, 5.74) is 7.51. The summed E-state index contributed by atoms with van der Waals surface area (Å²) in [5.74, 6) is 0.231. The van der Waals surface area contributed by atoms with Gasteiger partial charge in [0.15, 0.2) is 0 Å². The van der Waals surface area contributed by atoms with Gasteiger partial charge in [-0.15, -0.1) is 0 Å². The summed E-state index contributed by atoms with van der Waals surface area (Å²) in [6, 6.07) is 8.54. The van der Waals surface area contributed by atoms with Crippen LogP contribution in [0, 0.1) is 0 Å². The van der Waals surface area contributed by atoms with Gasteiger partial charge in [-0.3, -0.25) is 9.69 Å². The lowest BCUT2D eigenvalue weighted by Crippen LogP contribution is -2.57. The minimum Gasteiger partial charge on any atom is -0.399 e. The fourth-order valence-electron chi connectivity index (χ4n) is 3.51. The predicted octanol–water partition coefficient (Wildman–Crippen LogP) is 1.51. The molecule has 2 atom stereocenters. The van der Waals surface area contributed by atoms with E-state index in [4.69, 9.17) is 5.73 Å². The summed E-state index contributed by atoms with van der Waals surface area (Å²) in [6.07, 6.45) is 2.96. The quantitative estimate of drug-likeness (QED) is 0.831. The topological polar surface area (TPSA) is 49.6 Å². The van der Waals surface area contributed by atoms with Crippen molar-refractivity contribution >= 4 is 11.6 Å². The van der Waals surface area contributed by atoms with Gasteiger partial charge in [-0.25, -0.2) is 0 Å². The van der Waals surface area contributed by atoms with Crippen LogP contribution in [-0.2, 0) is 11.2 Å². The number of hydrogen-bond donors (Lipinski definition) is 1. The molecule has 2 unspecified atom stereocenters. The van der Waals surface area contributed by atoms with E-state index < -0.39 is 0 Å². The molecule has 1 aromatic carbocycles. The molecule has 1 aromatic rings. The Bertz CT molecular complexity index is 502. The van der Waals surface area contributed by atoms with Crippen molar-refractivity contribution in [2.75, 3.05) is 25.4 Å². The summed E-state index contributed by atoms with van der Waals surface area (Å²) in [4.78, 5) is 17.1. The normalized spacial score (nSPS) is 26.6. The Morgan fingerprint density at radius 1 is 1.40 bits per heavy atom. The van der Waals surface area contributed by atoms with Gasteiger partial charge in [-0.1, -0.05) is 12.1 Å². The highest BCUT2D eigenvalue weighted by atomic mass is 16.2. The second-order valence-electron chi connectivity index (χ2n) is 6.11. The number of carbonyl (C=O) groups is 1. The molecule has 4 nitrogen and oxygen atoms in total. The van der Waals surface area contributed by atoms with Crippen LogP contribution in [0.25, 0.3) is 0 Å². The first-order valence-corrected chi connectivity index (χ1v) is 7.51. The van der Waals surface area contributed by atoms with Crippen LogP contribution >= 0.6 is 0 Å². The Kier molecular flexibility index (Phi) is 3.66. The molecule has 3 rings (SSSR count). The van der Waals surface area contributed by atoms with Gasteiger partial charge in [0, 0.05) is 30.9 Å². The minimum atomic E-state index is 0.231. The number of nitrogens with two attached hydrogens (primary N) is 1. The average molecular weight is 273 g/mol. The summed E-state index contributed by atoms with van der Waals surface area (Å²) in [5, 5.41) is 0. The van der Waals surface area contributed by atoms with Crippen LogP contribution in [0.2, 0.25) is 0 Å². The third-order valence-electron chi connectivity index (χ3n) is 4.56. The molecular weight excluding hydrogens is 250 g/mol. The summed E-state index contributed by atoms with van der Waals surface area (Å²) < 4.78 is 0. The second kappa shape index (κ2) is 5.44. The SMILES string of the molecule is CC1CN2CCCC2CN1C(=O)Cc1cccc(N)c1. The van der Waals surface area contributed by atoms with Gasteiger partial charge in [-0.2, -0.15) is 0 Å². The number of rotatable bonds is 2. The Morgan fingerprint density at radius 2 is 2.25 bits per heavy atom. The van der Waals surface area contributed by atoms with E-state index in [1.54, 1.807) is 0 Å². The van der Waals surface area contributed by atoms with E-state index in [9.17, 15) is 4.79 Å². The van der Waals surface area contributed by atoms with Crippen LogP contribution in [0.3, 0.4) is 0 Å². The van der Waals surface area contributed by atoms with Crippen molar-refractivity contribution in [2.24, 2.45) is 0 Å². The van der Waals surface area contributed by atoms with Crippen LogP contribution in [-0.4, -0.2) is 47.4 Å². The number of hydrogen-bond acceptors (Lipinski definition) is 3. The van der Waals surface area contributed by atoms with E-state index in [1.807, 2.05) is 24.3 Å². The molecule has 2 N–H and O–H groups in total. The average Bonchev–Trinajstić information content (AvgIpc) is 2.84. The molecule has 2 heterocycles. The van der Waals surface area contributed by atoms with Gasteiger partial charge in [0.2, 0.25) is 5.91 Å². The monoisotopic (exact) mass is 273 g/mol. The van der Waals surface area contributed by atoms with Crippen molar-refractivity contribution in [3.8, 4) is 0 Å². The molecule has 2 fully saturated rings. The van der Waals surface area contributed by atoms with Crippen LogP contribution in [0.4, 0.5) is 5.69 Å². The van der Waals surface area contributed by atoms with Gasteiger partial charge in [0.1, 0.15) is 0 Å². The number of fused-ring (bicyclic) bond motifs is 1. The number of piperazine rings is 1. The standard InChI is InChI=1S/C16H23N3O/c1-12-10-18-7-3-6-15(18)11-19(12)16(20)9-13-4-2-5-14(17)8-13/h2,4-5,8,12,15H,3,6-7,9-11,17H2,1H3. The zero-order valence-electron chi connectivity index (χ0n) is 12.1. The molecule has 2 aliphatic rings. The number of amides is 1. The molecule has 4 heteroatoms. The fourth-order valence-corrected chi connectivity index (χ4v) is 3.51. The third-order valence-corrected chi connectivity index (χ3v) is 4.56. The van der Waals surface area contributed by atoms with Crippen LogP contribution in [0.1, 0.15) is 25.3 Å². The van der Waals surface area contributed by atoms with Gasteiger partial charge < -0.3 is 10.6 Å². The smallest absolute Gasteiger partial charge is 0.227 e. The maximum Gasteiger partial charge on any atom is 0.227 e.